The Morgan fingerprint density at radius 3 is 2.60 bits per heavy atom. The molecule has 0 aliphatic carbocycles. The van der Waals surface area contributed by atoms with Crippen molar-refractivity contribution in [2.24, 2.45) is 0 Å². The van der Waals surface area contributed by atoms with E-state index in [1.54, 1.807) is 0 Å². The van der Waals surface area contributed by atoms with Crippen LogP contribution < -0.4 is 5.32 Å². The van der Waals surface area contributed by atoms with Crippen molar-refractivity contribution < 1.29 is 13.2 Å². The van der Waals surface area contributed by atoms with E-state index in [-0.39, 0.29) is 5.56 Å². The van der Waals surface area contributed by atoms with Gasteiger partial charge in [-0.1, -0.05) is 11.6 Å². The van der Waals surface area contributed by atoms with Crippen molar-refractivity contribution in [3.8, 4) is 0 Å². The fraction of sp³-hybridized carbons (Fsp3) is 0.400. The van der Waals surface area contributed by atoms with Gasteiger partial charge in [-0.3, -0.25) is 0 Å². The molecule has 15 heavy (non-hydrogen) atoms. The average Bonchev–Trinajstić information content (AvgIpc) is 2.68. The van der Waals surface area contributed by atoms with Crippen LogP contribution in [-0.4, -0.2) is 6.54 Å². The highest BCUT2D eigenvalue weighted by atomic mass is 35.5. The molecule has 0 unspecified atom stereocenters. The number of nitrogens with one attached hydrogen (secondary N) is 1. The lowest BCUT2D eigenvalue weighted by Gasteiger charge is -2.13. The molecule has 1 N–H and O–H groups in total. The summed E-state index contributed by atoms with van der Waals surface area (Å²) in [4.78, 5) is 0. The monoisotopic (exact) mass is 235 g/mol. The lowest BCUT2D eigenvalue weighted by molar-refractivity contribution is 0.489. The molecular weight excluding hydrogens is 227 g/mol. The van der Waals surface area contributed by atoms with Gasteiger partial charge in [0.25, 0.3) is 0 Å². The van der Waals surface area contributed by atoms with Crippen molar-refractivity contribution in [1.82, 2.24) is 5.32 Å². The predicted molar refractivity (Wildman–Crippen MR) is 51.3 cm³/mol. The predicted octanol–water partition coefficient (Wildman–Crippen LogP) is 3.18. The first-order valence-corrected chi connectivity index (χ1v) is 5.05. The van der Waals surface area contributed by atoms with Gasteiger partial charge in [0.15, 0.2) is 5.82 Å². The fourth-order valence-corrected chi connectivity index (χ4v) is 1.99. The Morgan fingerprint density at radius 1 is 1.27 bits per heavy atom. The van der Waals surface area contributed by atoms with E-state index < -0.39 is 28.5 Å². The van der Waals surface area contributed by atoms with Crippen LogP contribution in [0.4, 0.5) is 13.2 Å². The van der Waals surface area contributed by atoms with Crippen molar-refractivity contribution in [1.29, 1.82) is 0 Å². The molecule has 0 amide bonds. The zero-order valence-electron chi connectivity index (χ0n) is 7.79. The zero-order chi connectivity index (χ0) is 11.0. The van der Waals surface area contributed by atoms with E-state index >= 15 is 0 Å². The molecule has 0 aromatic heterocycles. The Labute approximate surface area is 90.2 Å². The molecule has 1 saturated heterocycles. The molecular formula is C10H9ClF3N. The maximum Gasteiger partial charge on any atom is 0.152 e. The minimum atomic E-state index is -1.06. The van der Waals surface area contributed by atoms with Crippen LogP contribution in [0.5, 0.6) is 0 Å². The average molecular weight is 236 g/mol. The summed E-state index contributed by atoms with van der Waals surface area (Å²) in [6, 6.07) is 0.226. The normalized spacial score (nSPS) is 20.9. The Morgan fingerprint density at radius 2 is 2.00 bits per heavy atom. The van der Waals surface area contributed by atoms with Crippen LogP contribution in [0.3, 0.4) is 0 Å². The molecule has 0 spiro atoms. The third kappa shape index (κ3) is 1.84. The van der Waals surface area contributed by atoms with Gasteiger partial charge in [-0.2, -0.15) is 0 Å². The van der Waals surface area contributed by atoms with Gasteiger partial charge in [-0.05, 0) is 19.4 Å². The fourth-order valence-electron chi connectivity index (χ4n) is 1.83. The number of benzene rings is 1. The van der Waals surface area contributed by atoms with E-state index in [1.165, 1.54) is 0 Å². The van der Waals surface area contributed by atoms with Crippen LogP contribution in [0.1, 0.15) is 24.4 Å². The van der Waals surface area contributed by atoms with E-state index in [0.717, 1.165) is 6.42 Å². The maximum absolute atomic E-state index is 13.5. The lowest BCUT2D eigenvalue weighted by atomic mass is 10.0. The molecule has 1 aliphatic heterocycles. The van der Waals surface area contributed by atoms with E-state index in [9.17, 15) is 13.2 Å². The smallest absolute Gasteiger partial charge is 0.152 e. The van der Waals surface area contributed by atoms with E-state index in [2.05, 4.69) is 5.32 Å². The highest BCUT2D eigenvalue weighted by molar-refractivity contribution is 6.30. The van der Waals surface area contributed by atoms with Crippen LogP contribution in [0.2, 0.25) is 5.02 Å². The summed E-state index contributed by atoms with van der Waals surface area (Å²) in [7, 11) is 0. The SMILES string of the molecule is Fc1cc(F)c([C@@H]2CCCN2)c(F)c1Cl. The van der Waals surface area contributed by atoms with Gasteiger partial charge in [0.1, 0.15) is 16.7 Å². The quantitative estimate of drug-likeness (QED) is 0.582. The molecule has 82 valence electrons. The summed E-state index contributed by atoms with van der Waals surface area (Å²) < 4.78 is 39.8. The molecule has 0 bridgehead atoms. The van der Waals surface area contributed by atoms with Crippen LogP contribution in [0.15, 0.2) is 6.07 Å². The topological polar surface area (TPSA) is 12.0 Å². The van der Waals surface area contributed by atoms with Gasteiger partial charge < -0.3 is 5.32 Å². The minimum Gasteiger partial charge on any atom is -0.310 e. The van der Waals surface area contributed by atoms with E-state index in [1.807, 2.05) is 0 Å². The largest absolute Gasteiger partial charge is 0.310 e. The summed E-state index contributed by atoms with van der Waals surface area (Å²) in [5.74, 6) is -2.93. The second-order valence-corrected chi connectivity index (χ2v) is 3.91. The lowest BCUT2D eigenvalue weighted by Crippen LogP contribution is -2.16. The van der Waals surface area contributed by atoms with Gasteiger partial charge in [0, 0.05) is 17.7 Å². The summed E-state index contributed by atoms with van der Waals surface area (Å²) >= 11 is 5.39. The van der Waals surface area contributed by atoms with Gasteiger partial charge in [0.05, 0.1) is 0 Å². The molecule has 1 atom stereocenters. The Balaban J connectivity index is 2.50. The molecule has 1 nitrogen and oxygen atoms in total. The minimum absolute atomic E-state index is 0.154. The molecule has 1 aromatic rings. The van der Waals surface area contributed by atoms with Gasteiger partial charge in [-0.15, -0.1) is 0 Å². The third-order valence-electron chi connectivity index (χ3n) is 2.56. The molecule has 1 aliphatic rings. The highest BCUT2D eigenvalue weighted by Crippen LogP contribution is 2.32. The summed E-state index contributed by atoms with van der Waals surface area (Å²) in [6.45, 7) is 0.707. The van der Waals surface area contributed by atoms with Crippen molar-refractivity contribution in [3.63, 3.8) is 0 Å². The Hall–Kier alpha value is -0.740. The Kier molecular flexibility index (Phi) is 2.89. The molecule has 2 rings (SSSR count). The summed E-state index contributed by atoms with van der Waals surface area (Å²) in [6.07, 6.45) is 1.48. The van der Waals surface area contributed by atoms with E-state index in [0.29, 0.717) is 19.0 Å². The summed E-state index contributed by atoms with van der Waals surface area (Å²) in [5.41, 5.74) is -0.154. The van der Waals surface area contributed by atoms with Crippen molar-refractivity contribution >= 4 is 11.6 Å². The third-order valence-corrected chi connectivity index (χ3v) is 2.90. The van der Waals surface area contributed by atoms with E-state index in [4.69, 9.17) is 11.6 Å². The first kappa shape index (κ1) is 10.8. The van der Waals surface area contributed by atoms with Gasteiger partial charge >= 0.3 is 0 Å². The molecule has 0 saturated carbocycles. The molecule has 0 radical (unpaired) electrons. The summed E-state index contributed by atoms with van der Waals surface area (Å²) in [5, 5.41) is 2.30. The number of hydrogen-bond donors (Lipinski definition) is 1. The van der Waals surface area contributed by atoms with Crippen LogP contribution >= 0.6 is 11.6 Å². The second kappa shape index (κ2) is 4.02. The van der Waals surface area contributed by atoms with Crippen molar-refractivity contribution in [2.75, 3.05) is 6.54 Å². The van der Waals surface area contributed by atoms with Crippen LogP contribution in [0.25, 0.3) is 0 Å². The van der Waals surface area contributed by atoms with Gasteiger partial charge in [-0.25, -0.2) is 13.2 Å². The molecule has 5 heteroatoms. The maximum atomic E-state index is 13.5. The standard InChI is InChI=1S/C10H9ClF3N/c11-9-6(13)4-5(12)8(10(9)14)7-2-1-3-15-7/h4,7,15H,1-3H2/t7-/m0/s1. The first-order valence-electron chi connectivity index (χ1n) is 4.67. The van der Waals surface area contributed by atoms with Crippen LogP contribution in [-0.2, 0) is 0 Å². The van der Waals surface area contributed by atoms with Crippen LogP contribution in [0, 0.1) is 17.5 Å². The number of halogens is 4. The first-order chi connectivity index (χ1) is 7.11. The number of rotatable bonds is 1. The van der Waals surface area contributed by atoms with Crippen molar-refractivity contribution in [3.05, 3.63) is 34.1 Å². The second-order valence-electron chi connectivity index (χ2n) is 3.53. The molecule has 1 heterocycles. The van der Waals surface area contributed by atoms with Gasteiger partial charge in [0.2, 0.25) is 0 Å². The highest BCUT2D eigenvalue weighted by Gasteiger charge is 2.26. The molecule has 1 aromatic carbocycles. The number of hydrogen-bond acceptors (Lipinski definition) is 1. The molecule has 1 fully saturated rings. The Bertz CT molecular complexity index is 389. The van der Waals surface area contributed by atoms with Crippen molar-refractivity contribution in [2.45, 2.75) is 18.9 Å². The zero-order valence-corrected chi connectivity index (χ0v) is 8.54.